The van der Waals surface area contributed by atoms with E-state index in [1.807, 2.05) is 6.92 Å². The van der Waals surface area contributed by atoms with Crippen molar-refractivity contribution in [2.45, 2.75) is 19.9 Å². The number of carbonyl (C=O) groups excluding carboxylic acids is 1. The van der Waals surface area contributed by atoms with Gasteiger partial charge in [0.1, 0.15) is 11.9 Å². The van der Waals surface area contributed by atoms with Gasteiger partial charge >= 0.3 is 0 Å². The van der Waals surface area contributed by atoms with Crippen LogP contribution in [0.4, 0.5) is 14.6 Å². The number of hydrogen-bond acceptors (Lipinski definition) is 4. The Labute approximate surface area is 121 Å². The molecular formula is C14H16F2N4O. The van der Waals surface area contributed by atoms with Gasteiger partial charge in [0.05, 0.1) is 17.2 Å². The Morgan fingerprint density at radius 1 is 1.33 bits per heavy atom. The van der Waals surface area contributed by atoms with E-state index >= 15 is 0 Å². The topological polar surface area (TPSA) is 58.1 Å². The molecule has 2 aromatic rings. The fraction of sp³-hybridized carbons (Fsp3) is 0.357. The lowest BCUT2D eigenvalue weighted by atomic mass is 10.2. The highest BCUT2D eigenvalue weighted by molar-refractivity contribution is 5.84. The molecule has 0 spiro atoms. The molecular weight excluding hydrogens is 278 g/mol. The zero-order chi connectivity index (χ0) is 15.6. The Balaban J connectivity index is 2.23. The summed E-state index contributed by atoms with van der Waals surface area (Å²) < 4.78 is 26.3. The third-order valence-electron chi connectivity index (χ3n) is 3.17. The van der Waals surface area contributed by atoms with Crippen LogP contribution in [0.25, 0.3) is 11.0 Å². The van der Waals surface area contributed by atoms with Gasteiger partial charge < -0.3 is 10.2 Å². The minimum absolute atomic E-state index is 0.0929. The summed E-state index contributed by atoms with van der Waals surface area (Å²) in [5.74, 6) is -1.71. The first kappa shape index (κ1) is 15.1. The Bertz CT molecular complexity index is 677. The van der Waals surface area contributed by atoms with Gasteiger partial charge in [-0.15, -0.1) is 0 Å². The second-order valence-corrected chi connectivity index (χ2v) is 4.73. The van der Waals surface area contributed by atoms with Crippen LogP contribution in [0.3, 0.4) is 0 Å². The number of likely N-dealkylation sites (N-methyl/N-ethyl adjacent to an activating group) is 1. The number of aromatic nitrogens is 2. The van der Waals surface area contributed by atoms with Crippen molar-refractivity contribution in [3.8, 4) is 0 Å². The van der Waals surface area contributed by atoms with E-state index in [-0.39, 0.29) is 16.9 Å². The van der Waals surface area contributed by atoms with Crippen molar-refractivity contribution in [2.75, 3.05) is 18.9 Å². The molecule has 5 nitrogen and oxygen atoms in total. The minimum Gasteiger partial charge on any atom is -0.357 e. The lowest BCUT2D eigenvalue weighted by Crippen LogP contribution is -2.39. The molecule has 0 aliphatic heterocycles. The van der Waals surface area contributed by atoms with Crippen molar-refractivity contribution < 1.29 is 13.6 Å². The molecule has 7 heteroatoms. The van der Waals surface area contributed by atoms with Crippen molar-refractivity contribution in [2.24, 2.45) is 0 Å². The summed E-state index contributed by atoms with van der Waals surface area (Å²) in [4.78, 5) is 21.7. The molecule has 0 bridgehead atoms. The van der Waals surface area contributed by atoms with E-state index in [4.69, 9.17) is 0 Å². The number of amides is 1. The third-order valence-corrected chi connectivity index (χ3v) is 3.17. The predicted octanol–water partition coefficient (Wildman–Crippen LogP) is 2.19. The summed E-state index contributed by atoms with van der Waals surface area (Å²) in [6.07, 6.45) is 1.38. The van der Waals surface area contributed by atoms with E-state index in [1.54, 1.807) is 18.9 Å². The number of hydrogen-bond donors (Lipinski definition) is 1. The van der Waals surface area contributed by atoms with E-state index in [0.29, 0.717) is 12.4 Å². The van der Waals surface area contributed by atoms with Crippen molar-refractivity contribution in [3.63, 3.8) is 0 Å². The van der Waals surface area contributed by atoms with Crippen LogP contribution in [0.1, 0.15) is 13.8 Å². The molecule has 1 N–H and O–H groups in total. The van der Waals surface area contributed by atoms with Crippen molar-refractivity contribution in [1.82, 2.24) is 14.9 Å². The van der Waals surface area contributed by atoms with E-state index in [2.05, 4.69) is 15.3 Å². The smallest absolute Gasteiger partial charge is 0.244 e. The van der Waals surface area contributed by atoms with E-state index in [0.717, 1.165) is 12.1 Å². The van der Waals surface area contributed by atoms with Crippen LogP contribution in [-0.4, -0.2) is 40.4 Å². The van der Waals surface area contributed by atoms with E-state index < -0.39 is 17.7 Å². The summed E-state index contributed by atoms with van der Waals surface area (Å²) in [5, 5.41) is 2.90. The molecule has 21 heavy (non-hydrogen) atoms. The molecule has 0 saturated heterocycles. The van der Waals surface area contributed by atoms with Crippen molar-refractivity contribution in [3.05, 3.63) is 30.0 Å². The van der Waals surface area contributed by atoms with Crippen molar-refractivity contribution >= 4 is 22.8 Å². The molecule has 1 aromatic heterocycles. The summed E-state index contributed by atoms with van der Waals surface area (Å²) in [6, 6.07) is 1.47. The molecule has 1 atom stereocenters. The number of fused-ring (bicyclic) bond motifs is 1. The zero-order valence-corrected chi connectivity index (χ0v) is 12.0. The second-order valence-electron chi connectivity index (χ2n) is 4.73. The highest BCUT2D eigenvalue weighted by Gasteiger charge is 2.17. The fourth-order valence-electron chi connectivity index (χ4n) is 1.85. The average molecular weight is 294 g/mol. The number of nitrogens with one attached hydrogen (secondary N) is 1. The molecule has 1 heterocycles. The molecule has 0 saturated carbocycles. The van der Waals surface area contributed by atoms with Gasteiger partial charge in [0, 0.05) is 25.7 Å². The van der Waals surface area contributed by atoms with E-state index in [1.165, 1.54) is 6.20 Å². The van der Waals surface area contributed by atoms with Gasteiger partial charge in [-0.3, -0.25) is 9.78 Å². The third kappa shape index (κ3) is 3.24. The van der Waals surface area contributed by atoms with Gasteiger partial charge in [0.25, 0.3) is 0 Å². The van der Waals surface area contributed by atoms with Crippen LogP contribution in [0.2, 0.25) is 0 Å². The van der Waals surface area contributed by atoms with Crippen LogP contribution in [0.5, 0.6) is 0 Å². The number of benzene rings is 1. The van der Waals surface area contributed by atoms with Crippen LogP contribution in [0.15, 0.2) is 18.3 Å². The maximum atomic E-state index is 13.2. The first-order chi connectivity index (χ1) is 9.92. The largest absolute Gasteiger partial charge is 0.357 e. The lowest BCUT2D eigenvalue weighted by molar-refractivity contribution is -0.130. The maximum Gasteiger partial charge on any atom is 0.244 e. The number of nitrogens with zero attached hydrogens (tertiary/aromatic N) is 3. The van der Waals surface area contributed by atoms with Gasteiger partial charge in [-0.2, -0.15) is 0 Å². The standard InChI is InChI=1S/C14H16F2N4O/c1-4-20(3)14(21)8(2)18-13-7-17-11-5-9(15)10(16)6-12(11)19-13/h5-8H,4H2,1-3H3,(H,18,19). The Morgan fingerprint density at radius 2 is 1.95 bits per heavy atom. The average Bonchev–Trinajstić information content (AvgIpc) is 2.47. The molecule has 1 amide bonds. The van der Waals surface area contributed by atoms with E-state index in [9.17, 15) is 13.6 Å². The normalized spacial score (nSPS) is 12.2. The van der Waals surface area contributed by atoms with Gasteiger partial charge in [-0.05, 0) is 13.8 Å². The van der Waals surface area contributed by atoms with Crippen LogP contribution < -0.4 is 5.32 Å². The number of halogens is 2. The quantitative estimate of drug-likeness (QED) is 0.939. The maximum absolute atomic E-state index is 13.2. The molecule has 0 fully saturated rings. The van der Waals surface area contributed by atoms with Crippen LogP contribution >= 0.6 is 0 Å². The number of carbonyl (C=O) groups is 1. The lowest BCUT2D eigenvalue weighted by Gasteiger charge is -2.20. The van der Waals surface area contributed by atoms with Crippen LogP contribution in [0, 0.1) is 11.6 Å². The Morgan fingerprint density at radius 3 is 2.57 bits per heavy atom. The zero-order valence-electron chi connectivity index (χ0n) is 12.0. The molecule has 0 aliphatic carbocycles. The first-order valence-corrected chi connectivity index (χ1v) is 6.55. The Kier molecular flexibility index (Phi) is 4.30. The highest BCUT2D eigenvalue weighted by atomic mass is 19.2. The molecule has 0 radical (unpaired) electrons. The monoisotopic (exact) mass is 294 g/mol. The molecule has 2 rings (SSSR count). The summed E-state index contributed by atoms with van der Waals surface area (Å²) in [7, 11) is 1.70. The summed E-state index contributed by atoms with van der Waals surface area (Å²) in [6.45, 7) is 4.17. The summed E-state index contributed by atoms with van der Waals surface area (Å²) in [5.41, 5.74) is 0.478. The van der Waals surface area contributed by atoms with Gasteiger partial charge in [-0.1, -0.05) is 0 Å². The summed E-state index contributed by atoms with van der Waals surface area (Å²) >= 11 is 0. The van der Waals surface area contributed by atoms with Crippen molar-refractivity contribution in [1.29, 1.82) is 0 Å². The first-order valence-electron chi connectivity index (χ1n) is 6.55. The number of rotatable bonds is 4. The molecule has 0 aliphatic rings. The minimum atomic E-state index is -0.983. The Hall–Kier alpha value is -2.31. The number of anilines is 1. The van der Waals surface area contributed by atoms with Crippen LogP contribution in [-0.2, 0) is 4.79 Å². The molecule has 112 valence electrons. The van der Waals surface area contributed by atoms with Gasteiger partial charge in [0.2, 0.25) is 5.91 Å². The molecule has 1 unspecified atom stereocenters. The fourth-order valence-corrected chi connectivity index (χ4v) is 1.85. The predicted molar refractivity (Wildman–Crippen MR) is 75.8 cm³/mol. The second kappa shape index (κ2) is 5.99. The SMILES string of the molecule is CCN(C)C(=O)C(C)Nc1cnc2cc(F)c(F)cc2n1. The molecule has 1 aromatic carbocycles. The van der Waals surface area contributed by atoms with Gasteiger partial charge in [-0.25, -0.2) is 13.8 Å². The van der Waals surface area contributed by atoms with Gasteiger partial charge in [0.15, 0.2) is 11.6 Å². The highest BCUT2D eigenvalue weighted by Crippen LogP contribution is 2.17.